The number of aromatic nitrogens is 1. The number of amides is 3. The van der Waals surface area contributed by atoms with Crippen molar-refractivity contribution in [2.45, 2.75) is 10.1 Å². The Kier molecular flexibility index (Phi) is 11.9. The normalized spacial score (nSPS) is 11.8. The highest BCUT2D eigenvalue weighted by atomic mass is 35.5. The minimum atomic E-state index is -0.607. The molecule has 1 unspecified atom stereocenters. The van der Waals surface area contributed by atoms with Gasteiger partial charge in [-0.1, -0.05) is 102 Å². The van der Waals surface area contributed by atoms with Crippen molar-refractivity contribution < 1.29 is 14.4 Å². The predicted octanol–water partition coefficient (Wildman–Crippen LogP) is 10.7. The maximum Gasteiger partial charge on any atom is 0.272 e. The van der Waals surface area contributed by atoms with Crippen molar-refractivity contribution in [3.63, 3.8) is 0 Å². The average molecular weight is 770 g/mol. The van der Waals surface area contributed by atoms with Gasteiger partial charge in [0.2, 0.25) is 5.91 Å². The molecule has 7 nitrogen and oxygen atoms in total. The molecule has 0 bridgehead atoms. The third-order valence-electron chi connectivity index (χ3n) is 7.34. The maximum atomic E-state index is 13.7. The first kappa shape index (κ1) is 35.9. The number of thiazole rings is 1. The molecule has 0 saturated carbocycles. The molecule has 254 valence electrons. The van der Waals surface area contributed by atoms with Crippen LogP contribution in [-0.4, -0.2) is 22.7 Å². The van der Waals surface area contributed by atoms with Gasteiger partial charge in [0.05, 0.1) is 15.7 Å². The Labute approximate surface area is 317 Å². The van der Waals surface area contributed by atoms with Gasteiger partial charge >= 0.3 is 0 Å². The van der Waals surface area contributed by atoms with E-state index in [0.29, 0.717) is 42.7 Å². The molecular formula is C39H27Cl3N4O3S2. The second kappa shape index (κ2) is 16.9. The van der Waals surface area contributed by atoms with Crippen molar-refractivity contribution in [1.29, 1.82) is 0 Å². The maximum absolute atomic E-state index is 13.7. The highest BCUT2D eigenvalue weighted by Crippen LogP contribution is 2.38. The lowest BCUT2D eigenvalue weighted by atomic mass is 10.1. The summed E-state index contributed by atoms with van der Waals surface area (Å²) in [7, 11) is 0. The van der Waals surface area contributed by atoms with Crippen LogP contribution in [0.3, 0.4) is 0 Å². The van der Waals surface area contributed by atoms with Crippen molar-refractivity contribution in [3.8, 4) is 11.3 Å². The van der Waals surface area contributed by atoms with Gasteiger partial charge in [-0.05, 0) is 77.9 Å². The Hall–Kier alpha value is -4.90. The summed E-state index contributed by atoms with van der Waals surface area (Å²) in [5.41, 5.74) is 3.84. The number of carbonyl (C=O) groups excluding carboxylic acids is 3. The highest BCUT2D eigenvalue weighted by molar-refractivity contribution is 8.00. The van der Waals surface area contributed by atoms with Crippen LogP contribution in [0.1, 0.15) is 26.7 Å². The summed E-state index contributed by atoms with van der Waals surface area (Å²) in [6.07, 6.45) is 1.56. The van der Waals surface area contributed by atoms with Crippen LogP contribution in [0.15, 0.2) is 143 Å². The lowest BCUT2D eigenvalue weighted by Crippen LogP contribution is -2.30. The molecule has 1 atom stereocenters. The third kappa shape index (κ3) is 9.67. The molecule has 0 fully saturated rings. The van der Waals surface area contributed by atoms with Gasteiger partial charge in [0, 0.05) is 32.1 Å². The van der Waals surface area contributed by atoms with Gasteiger partial charge in [-0.25, -0.2) is 4.98 Å². The van der Waals surface area contributed by atoms with Crippen LogP contribution in [-0.2, 0) is 9.59 Å². The Balaban J connectivity index is 1.17. The topological polar surface area (TPSA) is 100 Å². The molecule has 0 radical (unpaired) electrons. The molecule has 51 heavy (non-hydrogen) atoms. The number of nitrogens with one attached hydrogen (secondary N) is 3. The molecule has 6 rings (SSSR count). The molecule has 0 aliphatic carbocycles. The molecule has 3 N–H and O–H groups in total. The fourth-order valence-corrected chi connectivity index (χ4v) is 7.09. The fraction of sp³-hybridized carbons (Fsp3) is 0.0256. The number of anilines is 2. The molecular weight excluding hydrogens is 743 g/mol. The highest BCUT2D eigenvalue weighted by Gasteiger charge is 2.24. The zero-order chi connectivity index (χ0) is 35.7. The Morgan fingerprint density at radius 2 is 1.47 bits per heavy atom. The molecule has 6 aromatic rings. The second-order valence-electron chi connectivity index (χ2n) is 11.0. The van der Waals surface area contributed by atoms with Crippen molar-refractivity contribution in [1.82, 2.24) is 10.3 Å². The summed E-state index contributed by atoms with van der Waals surface area (Å²) in [5, 5.41) is 11.6. The smallest absolute Gasteiger partial charge is 0.272 e. The summed E-state index contributed by atoms with van der Waals surface area (Å²) in [6, 6.07) is 37.4. The van der Waals surface area contributed by atoms with E-state index in [0.717, 1.165) is 16.0 Å². The Morgan fingerprint density at radius 3 is 2.18 bits per heavy atom. The fourth-order valence-electron chi connectivity index (χ4n) is 4.85. The first-order valence-electron chi connectivity index (χ1n) is 15.4. The van der Waals surface area contributed by atoms with E-state index in [2.05, 4.69) is 20.9 Å². The van der Waals surface area contributed by atoms with Gasteiger partial charge in [-0.15, -0.1) is 23.1 Å². The third-order valence-corrected chi connectivity index (χ3v) is 10.3. The van der Waals surface area contributed by atoms with E-state index in [9.17, 15) is 14.4 Å². The molecule has 1 heterocycles. The van der Waals surface area contributed by atoms with Crippen LogP contribution in [0.2, 0.25) is 15.1 Å². The number of carbonyl (C=O) groups is 3. The van der Waals surface area contributed by atoms with Crippen molar-refractivity contribution in [2.24, 2.45) is 0 Å². The van der Waals surface area contributed by atoms with E-state index in [-0.39, 0.29) is 11.6 Å². The lowest BCUT2D eigenvalue weighted by molar-refractivity contribution is -0.116. The van der Waals surface area contributed by atoms with E-state index in [1.807, 2.05) is 53.9 Å². The number of thioether (sulfide) groups is 1. The van der Waals surface area contributed by atoms with Crippen LogP contribution in [0.25, 0.3) is 17.3 Å². The molecule has 0 aliphatic heterocycles. The summed E-state index contributed by atoms with van der Waals surface area (Å²) in [4.78, 5) is 45.6. The van der Waals surface area contributed by atoms with Gasteiger partial charge in [0.15, 0.2) is 5.13 Å². The minimum absolute atomic E-state index is 0.0369. The summed E-state index contributed by atoms with van der Waals surface area (Å²) >= 11 is 21.1. The van der Waals surface area contributed by atoms with E-state index in [1.54, 1.807) is 84.9 Å². The van der Waals surface area contributed by atoms with Crippen LogP contribution < -0.4 is 16.0 Å². The van der Waals surface area contributed by atoms with Crippen LogP contribution in [0, 0.1) is 0 Å². The largest absolute Gasteiger partial charge is 0.321 e. The first-order chi connectivity index (χ1) is 24.7. The summed E-state index contributed by atoms with van der Waals surface area (Å²) in [6.45, 7) is 0. The zero-order valence-corrected chi connectivity index (χ0v) is 30.4. The van der Waals surface area contributed by atoms with Gasteiger partial charge in [-0.3, -0.25) is 14.4 Å². The van der Waals surface area contributed by atoms with Crippen LogP contribution in [0.5, 0.6) is 0 Å². The van der Waals surface area contributed by atoms with Crippen LogP contribution >= 0.6 is 57.9 Å². The van der Waals surface area contributed by atoms with Gasteiger partial charge in [0.1, 0.15) is 10.9 Å². The standard InChI is InChI=1S/C39H27Cl3N4O3S2/c40-28-13-7-8-24(20-28)21-33(44-36(47)26-11-5-2-6-12-26)37(48)43-29-15-17-30(18-16-29)51-35(25-9-3-1-4-10-25)38(49)46-39-45-34(23-50-39)27-14-19-31(41)32(42)22-27/h1-23,35H,(H,43,48)(H,44,47)(H,45,46,49)/b33-21-. The Morgan fingerprint density at radius 1 is 0.745 bits per heavy atom. The van der Waals surface area contributed by atoms with E-state index in [4.69, 9.17) is 34.8 Å². The number of nitrogens with zero attached hydrogens (tertiary/aromatic N) is 1. The monoisotopic (exact) mass is 768 g/mol. The SMILES string of the molecule is O=C(Nc1ccc(SC(C(=O)Nc2nc(-c3ccc(Cl)c(Cl)c3)cs2)c2ccccc2)cc1)/C(=C/c1cccc(Cl)c1)NC(=O)c1ccccc1. The zero-order valence-electron chi connectivity index (χ0n) is 26.5. The predicted molar refractivity (Wildman–Crippen MR) is 210 cm³/mol. The van der Waals surface area contributed by atoms with Gasteiger partial charge in [0.25, 0.3) is 11.8 Å². The number of benzene rings is 5. The number of halogens is 3. The van der Waals surface area contributed by atoms with Crippen molar-refractivity contribution in [3.05, 3.63) is 170 Å². The average Bonchev–Trinajstić information content (AvgIpc) is 3.61. The minimum Gasteiger partial charge on any atom is -0.321 e. The molecule has 12 heteroatoms. The second-order valence-corrected chi connectivity index (χ2v) is 14.3. The molecule has 0 aliphatic rings. The van der Waals surface area contributed by atoms with Crippen molar-refractivity contribution >= 4 is 92.5 Å². The van der Waals surface area contributed by atoms with E-state index < -0.39 is 17.1 Å². The molecule has 3 amide bonds. The lowest BCUT2D eigenvalue weighted by Gasteiger charge is -2.17. The van der Waals surface area contributed by atoms with E-state index >= 15 is 0 Å². The molecule has 1 aromatic heterocycles. The van der Waals surface area contributed by atoms with Crippen LogP contribution in [0.4, 0.5) is 10.8 Å². The van der Waals surface area contributed by atoms with E-state index in [1.165, 1.54) is 23.1 Å². The number of hydrogen-bond acceptors (Lipinski definition) is 6. The molecule has 5 aromatic carbocycles. The Bertz CT molecular complexity index is 2210. The number of rotatable bonds is 11. The first-order valence-corrected chi connectivity index (χ1v) is 18.3. The van der Waals surface area contributed by atoms with Gasteiger partial charge < -0.3 is 16.0 Å². The number of hydrogen-bond donors (Lipinski definition) is 3. The quantitative estimate of drug-likeness (QED) is 0.0900. The van der Waals surface area contributed by atoms with Crippen molar-refractivity contribution in [2.75, 3.05) is 10.6 Å². The summed E-state index contributed by atoms with van der Waals surface area (Å²) < 4.78 is 0. The van der Waals surface area contributed by atoms with Gasteiger partial charge in [-0.2, -0.15) is 0 Å². The molecule has 0 spiro atoms. The summed E-state index contributed by atoms with van der Waals surface area (Å²) in [5.74, 6) is -1.20. The molecule has 0 saturated heterocycles.